The Hall–Kier alpha value is -2.74. The second kappa shape index (κ2) is 10.5. The number of halogens is 2. The van der Waals surface area contributed by atoms with Crippen LogP contribution in [0.4, 0.5) is 0 Å². The van der Waals surface area contributed by atoms with Crippen LogP contribution in [0.15, 0.2) is 42.0 Å². The fourth-order valence-electron chi connectivity index (χ4n) is 3.84. The summed E-state index contributed by atoms with van der Waals surface area (Å²) in [5.74, 6) is -0.886. The molecule has 1 N–H and O–H groups in total. The largest absolute Gasteiger partial charge is 0.507 e. The fourth-order valence-corrected chi connectivity index (χ4v) is 4.14. The molecule has 0 radical (unpaired) electrons. The van der Waals surface area contributed by atoms with E-state index >= 15 is 0 Å². The number of aliphatic hydroxyl groups is 1. The molecule has 0 bridgehead atoms. The van der Waals surface area contributed by atoms with Gasteiger partial charge >= 0.3 is 0 Å². The molecule has 7 nitrogen and oxygen atoms in total. The topological polar surface area (TPSA) is 79.3 Å². The first-order valence-corrected chi connectivity index (χ1v) is 11.1. The quantitative estimate of drug-likeness (QED) is 0.334. The lowest BCUT2D eigenvalue weighted by Crippen LogP contribution is -2.32. The zero-order chi connectivity index (χ0) is 24.3. The van der Waals surface area contributed by atoms with Crippen LogP contribution in [-0.2, 0) is 9.59 Å². The van der Waals surface area contributed by atoms with Crippen molar-refractivity contribution in [3.8, 4) is 11.5 Å². The van der Waals surface area contributed by atoms with Gasteiger partial charge in [-0.25, -0.2) is 0 Å². The summed E-state index contributed by atoms with van der Waals surface area (Å²) in [4.78, 5) is 29.6. The molecule has 1 aliphatic heterocycles. The number of likely N-dealkylation sites (tertiary alicyclic amines) is 1. The summed E-state index contributed by atoms with van der Waals surface area (Å²) in [6.45, 7) is 1.06. The number of hydrogen-bond donors (Lipinski definition) is 1. The van der Waals surface area contributed by atoms with Gasteiger partial charge in [0.15, 0.2) is 11.5 Å². The van der Waals surface area contributed by atoms with Gasteiger partial charge in [0.2, 0.25) is 0 Å². The molecule has 1 fully saturated rings. The Morgan fingerprint density at radius 2 is 1.73 bits per heavy atom. The number of benzene rings is 2. The van der Waals surface area contributed by atoms with Gasteiger partial charge in [-0.1, -0.05) is 29.3 Å². The molecule has 2 aromatic carbocycles. The van der Waals surface area contributed by atoms with Crippen LogP contribution in [0.3, 0.4) is 0 Å². The van der Waals surface area contributed by atoms with Crippen molar-refractivity contribution in [2.45, 2.75) is 12.5 Å². The molecule has 9 heteroatoms. The van der Waals surface area contributed by atoms with Crippen molar-refractivity contribution in [3.05, 3.63) is 63.1 Å². The molecule has 0 saturated carbocycles. The van der Waals surface area contributed by atoms with Crippen molar-refractivity contribution >= 4 is 40.7 Å². The van der Waals surface area contributed by atoms with Crippen molar-refractivity contribution in [3.63, 3.8) is 0 Å². The minimum Gasteiger partial charge on any atom is -0.507 e. The Kier molecular flexibility index (Phi) is 7.89. The maximum atomic E-state index is 13.1. The smallest absolute Gasteiger partial charge is 0.295 e. The van der Waals surface area contributed by atoms with E-state index in [-0.39, 0.29) is 11.3 Å². The SMILES string of the molecule is COc1ccc(/C(O)=C2\C(=O)C(=O)N(CCCN(C)C)[C@H]2c2ccc(Cl)c(Cl)c2)cc1OC. The summed E-state index contributed by atoms with van der Waals surface area (Å²) in [5.41, 5.74) is 0.884. The van der Waals surface area contributed by atoms with Crippen LogP contribution in [0.25, 0.3) is 5.76 Å². The number of hydrogen-bond acceptors (Lipinski definition) is 6. The van der Waals surface area contributed by atoms with Crippen molar-refractivity contribution in [1.82, 2.24) is 9.80 Å². The Morgan fingerprint density at radius 1 is 1.03 bits per heavy atom. The molecule has 1 heterocycles. The average molecular weight is 493 g/mol. The number of Topliss-reactive ketones (excluding diaryl/α,β-unsaturated/α-hetero) is 1. The van der Waals surface area contributed by atoms with E-state index in [4.69, 9.17) is 32.7 Å². The maximum Gasteiger partial charge on any atom is 0.295 e. The number of ketones is 1. The molecule has 1 amide bonds. The Labute approximate surface area is 203 Å². The van der Waals surface area contributed by atoms with Crippen LogP contribution >= 0.6 is 23.2 Å². The van der Waals surface area contributed by atoms with E-state index in [1.165, 1.54) is 19.1 Å². The van der Waals surface area contributed by atoms with Crippen molar-refractivity contribution in [2.75, 3.05) is 41.4 Å². The van der Waals surface area contributed by atoms with E-state index in [0.717, 1.165) is 6.54 Å². The van der Waals surface area contributed by atoms with Crippen LogP contribution < -0.4 is 9.47 Å². The molecule has 1 atom stereocenters. The molecular formula is C24H26Cl2N2O5. The van der Waals surface area contributed by atoms with Gasteiger partial charge in [-0.15, -0.1) is 0 Å². The predicted octanol–water partition coefficient (Wildman–Crippen LogP) is 4.38. The van der Waals surface area contributed by atoms with E-state index in [1.807, 2.05) is 19.0 Å². The molecule has 1 aliphatic rings. The van der Waals surface area contributed by atoms with E-state index in [2.05, 4.69) is 0 Å². The first-order valence-electron chi connectivity index (χ1n) is 10.3. The number of ether oxygens (including phenoxy) is 2. The summed E-state index contributed by atoms with van der Waals surface area (Å²) in [6, 6.07) is 8.88. The number of aliphatic hydroxyl groups excluding tert-OH is 1. The molecular weight excluding hydrogens is 467 g/mol. The normalized spacial score (nSPS) is 17.7. The lowest BCUT2D eigenvalue weighted by Gasteiger charge is -2.26. The number of carbonyl (C=O) groups is 2. The third-order valence-corrected chi connectivity index (χ3v) is 6.20. The molecule has 0 aliphatic carbocycles. The zero-order valence-electron chi connectivity index (χ0n) is 18.9. The average Bonchev–Trinajstić information content (AvgIpc) is 3.04. The van der Waals surface area contributed by atoms with E-state index in [0.29, 0.717) is 45.6 Å². The number of carbonyl (C=O) groups excluding carboxylic acids is 2. The lowest BCUT2D eigenvalue weighted by atomic mass is 9.95. The molecule has 0 unspecified atom stereocenters. The molecule has 1 saturated heterocycles. The fraction of sp³-hybridized carbons (Fsp3) is 0.333. The van der Waals surface area contributed by atoms with Crippen LogP contribution in [0.5, 0.6) is 11.5 Å². The summed E-state index contributed by atoms with van der Waals surface area (Å²) in [5, 5.41) is 11.8. The van der Waals surface area contributed by atoms with E-state index < -0.39 is 17.7 Å². The van der Waals surface area contributed by atoms with Crippen LogP contribution in [0.2, 0.25) is 10.0 Å². The van der Waals surface area contributed by atoms with Gasteiger partial charge in [0, 0.05) is 12.1 Å². The van der Waals surface area contributed by atoms with E-state index in [1.54, 1.807) is 36.4 Å². The molecule has 33 heavy (non-hydrogen) atoms. The third-order valence-electron chi connectivity index (χ3n) is 5.46. The zero-order valence-corrected chi connectivity index (χ0v) is 20.4. The Morgan fingerprint density at radius 3 is 2.33 bits per heavy atom. The van der Waals surface area contributed by atoms with Gasteiger partial charge < -0.3 is 24.4 Å². The monoisotopic (exact) mass is 492 g/mol. The van der Waals surface area contributed by atoms with Crippen molar-refractivity contribution in [2.24, 2.45) is 0 Å². The lowest BCUT2D eigenvalue weighted by molar-refractivity contribution is -0.139. The van der Waals surface area contributed by atoms with E-state index in [9.17, 15) is 14.7 Å². The molecule has 3 rings (SSSR count). The molecule has 0 aromatic heterocycles. The highest BCUT2D eigenvalue weighted by Gasteiger charge is 2.46. The van der Waals surface area contributed by atoms with Crippen molar-refractivity contribution < 1.29 is 24.2 Å². The number of methoxy groups -OCH3 is 2. The summed E-state index contributed by atoms with van der Waals surface area (Å²) >= 11 is 12.3. The molecule has 0 spiro atoms. The number of rotatable bonds is 8. The number of amides is 1. The summed E-state index contributed by atoms with van der Waals surface area (Å²) in [6.07, 6.45) is 0.647. The summed E-state index contributed by atoms with van der Waals surface area (Å²) in [7, 11) is 6.84. The second-order valence-electron chi connectivity index (χ2n) is 7.89. The highest BCUT2D eigenvalue weighted by Crippen LogP contribution is 2.42. The van der Waals surface area contributed by atoms with Crippen LogP contribution in [0, 0.1) is 0 Å². The minimum absolute atomic E-state index is 0.0181. The van der Waals surface area contributed by atoms with Gasteiger partial charge in [0.25, 0.3) is 11.7 Å². The third kappa shape index (κ3) is 5.11. The van der Waals surface area contributed by atoms with Crippen molar-refractivity contribution in [1.29, 1.82) is 0 Å². The van der Waals surface area contributed by atoms with Crippen LogP contribution in [-0.4, -0.2) is 68.0 Å². The molecule has 2 aromatic rings. The minimum atomic E-state index is -0.810. The van der Waals surface area contributed by atoms with Gasteiger partial charge in [0.05, 0.1) is 35.9 Å². The Bertz CT molecular complexity index is 1100. The van der Waals surface area contributed by atoms with Gasteiger partial charge in [-0.2, -0.15) is 0 Å². The van der Waals surface area contributed by atoms with Gasteiger partial charge in [0.1, 0.15) is 5.76 Å². The van der Waals surface area contributed by atoms with Gasteiger partial charge in [-0.3, -0.25) is 9.59 Å². The highest BCUT2D eigenvalue weighted by molar-refractivity contribution is 6.46. The molecule has 176 valence electrons. The van der Waals surface area contributed by atoms with Crippen LogP contribution in [0.1, 0.15) is 23.6 Å². The van der Waals surface area contributed by atoms with Gasteiger partial charge in [-0.05, 0) is 63.0 Å². The highest BCUT2D eigenvalue weighted by atomic mass is 35.5. The standard InChI is InChI=1S/C24H26Cl2N2O5/c1-27(2)10-5-11-28-21(14-6-8-16(25)17(26)12-14)20(23(30)24(28)31)22(29)15-7-9-18(32-3)19(13-15)33-4/h6-9,12-13,21,29H,5,10-11H2,1-4H3/b22-20+/t21-/m0/s1. The Balaban J connectivity index is 2.14. The summed E-state index contributed by atoms with van der Waals surface area (Å²) < 4.78 is 10.6. The number of nitrogens with zero attached hydrogens (tertiary/aromatic N) is 2. The first-order chi connectivity index (χ1) is 15.7. The first kappa shape index (κ1) is 24.9. The second-order valence-corrected chi connectivity index (χ2v) is 8.71. The predicted molar refractivity (Wildman–Crippen MR) is 128 cm³/mol. The maximum absolute atomic E-state index is 13.1.